The molecule has 0 radical (unpaired) electrons. The Bertz CT molecular complexity index is 283. The Labute approximate surface area is 141 Å². The Kier molecular flexibility index (Phi) is 16.7. The van der Waals surface area contributed by atoms with Crippen molar-refractivity contribution in [2.24, 2.45) is 0 Å². The third kappa shape index (κ3) is 19.0. The molecular formula is C19H35F2NO. The van der Waals surface area contributed by atoms with E-state index in [0.717, 1.165) is 25.7 Å². The van der Waals surface area contributed by atoms with E-state index in [2.05, 4.69) is 11.9 Å². The number of unbranched alkanes of at least 4 members (excludes halogenated alkanes) is 11. The maximum atomic E-state index is 11.9. The van der Waals surface area contributed by atoms with Gasteiger partial charge < -0.3 is 5.32 Å². The molecule has 0 bridgehead atoms. The molecule has 0 atom stereocenters. The molecular weight excluding hydrogens is 296 g/mol. The molecule has 0 aromatic rings. The van der Waals surface area contributed by atoms with Gasteiger partial charge in [-0.2, -0.15) is 0 Å². The van der Waals surface area contributed by atoms with Crippen LogP contribution in [0.1, 0.15) is 89.9 Å². The van der Waals surface area contributed by atoms with Gasteiger partial charge in [-0.1, -0.05) is 70.3 Å². The molecule has 0 saturated heterocycles. The van der Waals surface area contributed by atoms with Crippen molar-refractivity contribution in [1.82, 2.24) is 5.32 Å². The third-order valence-electron chi connectivity index (χ3n) is 4.02. The molecule has 0 rings (SSSR count). The molecule has 0 saturated carbocycles. The predicted molar refractivity (Wildman–Crippen MR) is 93.8 cm³/mol. The number of rotatable bonds is 17. The zero-order valence-electron chi connectivity index (χ0n) is 14.6. The fraction of sp³-hybridized carbons (Fsp3) is 0.842. The van der Waals surface area contributed by atoms with Crippen LogP contribution < -0.4 is 5.32 Å². The monoisotopic (exact) mass is 331 g/mol. The number of nitrogens with one attached hydrogen (secondary N) is 1. The van der Waals surface area contributed by atoms with Gasteiger partial charge in [0.15, 0.2) is 0 Å². The standard InChI is InChI=1S/C19H35F2NO/c1-2-17-22-19(23)16-14-12-10-8-6-4-3-5-7-9-11-13-15-18(20)21/h2,18H,1,3-17H2,(H,22,23). The van der Waals surface area contributed by atoms with Crippen molar-refractivity contribution in [3.63, 3.8) is 0 Å². The van der Waals surface area contributed by atoms with Gasteiger partial charge in [-0.15, -0.1) is 6.58 Å². The molecule has 0 aliphatic heterocycles. The predicted octanol–water partition coefficient (Wildman–Crippen LogP) is 6.02. The Morgan fingerprint density at radius 3 is 1.70 bits per heavy atom. The molecule has 1 amide bonds. The highest BCUT2D eigenvalue weighted by molar-refractivity contribution is 5.75. The molecule has 136 valence electrons. The molecule has 23 heavy (non-hydrogen) atoms. The quantitative estimate of drug-likeness (QED) is 0.256. The summed E-state index contributed by atoms with van der Waals surface area (Å²) in [4.78, 5) is 11.3. The van der Waals surface area contributed by atoms with Crippen LogP contribution in [-0.2, 0) is 4.79 Å². The molecule has 0 unspecified atom stereocenters. The summed E-state index contributed by atoms with van der Waals surface area (Å²) in [6, 6.07) is 0. The van der Waals surface area contributed by atoms with Gasteiger partial charge in [-0.05, 0) is 12.8 Å². The lowest BCUT2D eigenvalue weighted by Crippen LogP contribution is -2.22. The van der Waals surface area contributed by atoms with Crippen molar-refractivity contribution in [2.75, 3.05) is 6.54 Å². The van der Waals surface area contributed by atoms with Gasteiger partial charge in [0.05, 0.1) is 0 Å². The van der Waals surface area contributed by atoms with Crippen LogP contribution in [0.5, 0.6) is 0 Å². The van der Waals surface area contributed by atoms with Crippen LogP contribution in [0.3, 0.4) is 0 Å². The lowest BCUT2D eigenvalue weighted by molar-refractivity contribution is -0.121. The number of amides is 1. The van der Waals surface area contributed by atoms with Crippen molar-refractivity contribution in [2.45, 2.75) is 96.3 Å². The van der Waals surface area contributed by atoms with Crippen molar-refractivity contribution in [3.05, 3.63) is 12.7 Å². The van der Waals surface area contributed by atoms with Crippen molar-refractivity contribution in [3.8, 4) is 0 Å². The van der Waals surface area contributed by atoms with Crippen LogP contribution in [0.4, 0.5) is 8.78 Å². The Morgan fingerprint density at radius 2 is 1.26 bits per heavy atom. The molecule has 0 heterocycles. The van der Waals surface area contributed by atoms with E-state index in [9.17, 15) is 13.6 Å². The van der Waals surface area contributed by atoms with E-state index in [-0.39, 0.29) is 12.3 Å². The van der Waals surface area contributed by atoms with Crippen LogP contribution in [0.15, 0.2) is 12.7 Å². The summed E-state index contributed by atoms with van der Waals surface area (Å²) in [5.74, 6) is 0.124. The summed E-state index contributed by atoms with van der Waals surface area (Å²) < 4.78 is 23.9. The summed E-state index contributed by atoms with van der Waals surface area (Å²) in [7, 11) is 0. The number of carbonyl (C=O) groups is 1. The number of hydrogen-bond acceptors (Lipinski definition) is 1. The van der Waals surface area contributed by atoms with Gasteiger partial charge in [0.2, 0.25) is 12.3 Å². The summed E-state index contributed by atoms with van der Waals surface area (Å²) in [6.07, 6.45) is 13.8. The van der Waals surface area contributed by atoms with Gasteiger partial charge >= 0.3 is 0 Å². The van der Waals surface area contributed by atoms with E-state index in [1.165, 1.54) is 44.9 Å². The Morgan fingerprint density at radius 1 is 0.826 bits per heavy atom. The van der Waals surface area contributed by atoms with E-state index < -0.39 is 6.43 Å². The highest BCUT2D eigenvalue weighted by Gasteiger charge is 2.01. The van der Waals surface area contributed by atoms with Gasteiger partial charge in [0, 0.05) is 19.4 Å². The molecule has 0 spiro atoms. The number of halogens is 2. The van der Waals surface area contributed by atoms with Crippen LogP contribution in [-0.4, -0.2) is 18.9 Å². The summed E-state index contributed by atoms with van der Waals surface area (Å²) in [5, 5.41) is 2.79. The average Bonchev–Trinajstić information content (AvgIpc) is 2.52. The van der Waals surface area contributed by atoms with Crippen molar-refractivity contribution < 1.29 is 13.6 Å². The maximum Gasteiger partial charge on any atom is 0.238 e. The second kappa shape index (κ2) is 17.4. The Hall–Kier alpha value is -0.930. The van der Waals surface area contributed by atoms with Crippen LogP contribution in [0.2, 0.25) is 0 Å². The summed E-state index contributed by atoms with van der Waals surface area (Å²) in [6.45, 7) is 4.13. The molecule has 0 aromatic heterocycles. The van der Waals surface area contributed by atoms with Crippen molar-refractivity contribution >= 4 is 5.91 Å². The second-order valence-electron chi connectivity index (χ2n) is 6.27. The average molecular weight is 331 g/mol. The minimum absolute atomic E-state index is 0.0654. The van der Waals surface area contributed by atoms with Gasteiger partial charge in [-0.25, -0.2) is 8.78 Å². The fourth-order valence-electron chi connectivity index (χ4n) is 2.63. The van der Waals surface area contributed by atoms with Crippen molar-refractivity contribution in [1.29, 1.82) is 0 Å². The first-order chi connectivity index (χ1) is 11.2. The first-order valence-electron chi connectivity index (χ1n) is 9.32. The maximum absolute atomic E-state index is 11.9. The van der Waals surface area contributed by atoms with Crippen LogP contribution >= 0.6 is 0 Å². The second-order valence-corrected chi connectivity index (χ2v) is 6.27. The van der Waals surface area contributed by atoms with E-state index in [0.29, 0.717) is 19.4 Å². The highest BCUT2D eigenvalue weighted by atomic mass is 19.3. The van der Waals surface area contributed by atoms with Crippen LogP contribution in [0.25, 0.3) is 0 Å². The lowest BCUT2D eigenvalue weighted by Gasteiger charge is -2.04. The third-order valence-corrected chi connectivity index (χ3v) is 4.02. The van der Waals surface area contributed by atoms with Gasteiger partial charge in [0.1, 0.15) is 0 Å². The smallest absolute Gasteiger partial charge is 0.238 e. The zero-order valence-corrected chi connectivity index (χ0v) is 14.6. The van der Waals surface area contributed by atoms with E-state index >= 15 is 0 Å². The summed E-state index contributed by atoms with van der Waals surface area (Å²) >= 11 is 0. The number of carbonyl (C=O) groups excluding carboxylic acids is 1. The molecule has 0 fully saturated rings. The molecule has 1 N–H and O–H groups in total. The van der Waals surface area contributed by atoms with Gasteiger partial charge in [-0.3, -0.25) is 4.79 Å². The first-order valence-corrected chi connectivity index (χ1v) is 9.32. The first kappa shape index (κ1) is 22.1. The molecule has 2 nitrogen and oxygen atoms in total. The number of hydrogen-bond donors (Lipinski definition) is 1. The molecule has 4 heteroatoms. The molecule has 0 aromatic carbocycles. The summed E-state index contributed by atoms with van der Waals surface area (Å²) in [5.41, 5.74) is 0. The zero-order chi connectivity index (χ0) is 17.2. The molecule has 0 aliphatic carbocycles. The topological polar surface area (TPSA) is 29.1 Å². The number of alkyl halides is 2. The van der Waals surface area contributed by atoms with E-state index in [1.54, 1.807) is 6.08 Å². The SMILES string of the molecule is C=CCNC(=O)CCCCCCCCCCCCCCC(F)F. The minimum Gasteiger partial charge on any atom is -0.353 e. The van der Waals surface area contributed by atoms with E-state index in [1.807, 2.05) is 0 Å². The Balaban J connectivity index is 3.08. The molecule has 0 aliphatic rings. The fourth-order valence-corrected chi connectivity index (χ4v) is 2.63. The lowest BCUT2D eigenvalue weighted by atomic mass is 10.0. The van der Waals surface area contributed by atoms with Gasteiger partial charge in [0.25, 0.3) is 0 Å². The largest absolute Gasteiger partial charge is 0.353 e. The van der Waals surface area contributed by atoms with E-state index in [4.69, 9.17) is 0 Å². The minimum atomic E-state index is -2.13. The normalized spacial score (nSPS) is 10.9. The van der Waals surface area contributed by atoms with Crippen LogP contribution in [0, 0.1) is 0 Å². The highest BCUT2D eigenvalue weighted by Crippen LogP contribution is 2.14.